The summed E-state index contributed by atoms with van der Waals surface area (Å²) in [6, 6.07) is 34.4. The highest BCUT2D eigenvalue weighted by atomic mass is 16.5. The van der Waals surface area contributed by atoms with Crippen molar-refractivity contribution in [2.75, 3.05) is 7.11 Å². The van der Waals surface area contributed by atoms with Crippen molar-refractivity contribution in [2.45, 2.75) is 12.6 Å². The van der Waals surface area contributed by atoms with Crippen molar-refractivity contribution in [1.82, 2.24) is 9.88 Å². The zero-order valence-corrected chi connectivity index (χ0v) is 19.9. The lowest BCUT2D eigenvalue weighted by atomic mass is 9.97. The van der Waals surface area contributed by atoms with Crippen LogP contribution in [0.1, 0.15) is 43.4 Å². The normalized spacial score (nSPS) is 11.7. The fourth-order valence-electron chi connectivity index (χ4n) is 4.50. The zero-order chi connectivity index (χ0) is 24.9. The number of aromatic nitrogens is 1. The van der Waals surface area contributed by atoms with E-state index >= 15 is 0 Å². The summed E-state index contributed by atoms with van der Waals surface area (Å²) in [6.07, 6.45) is 2.07. The number of carbonyl (C=O) groups is 2. The van der Waals surface area contributed by atoms with E-state index in [0.29, 0.717) is 17.7 Å². The van der Waals surface area contributed by atoms with Crippen molar-refractivity contribution in [3.05, 3.63) is 143 Å². The molecule has 1 N–H and O–H groups in total. The number of hydrogen-bond donors (Lipinski definition) is 1. The quantitative estimate of drug-likeness (QED) is 0.295. The Morgan fingerprint density at radius 2 is 1.44 bits per heavy atom. The van der Waals surface area contributed by atoms with Crippen LogP contribution >= 0.6 is 0 Å². The standard InChI is InChI=1S/C31H26N2O3/c1-36-31(35)25-17-18-28-26(19-25)27(21-33(28)20-22-11-5-2-6-12-22)29(23-13-7-3-8-14-23)32-30(34)24-15-9-4-10-16-24/h2-19,21,29H,20H2,1H3,(H,32,34)/t29-/m1/s1. The van der Waals surface area contributed by atoms with E-state index in [1.54, 1.807) is 18.2 Å². The van der Waals surface area contributed by atoms with E-state index < -0.39 is 12.0 Å². The summed E-state index contributed by atoms with van der Waals surface area (Å²) in [4.78, 5) is 25.6. The van der Waals surface area contributed by atoms with Crippen molar-refractivity contribution in [3.8, 4) is 0 Å². The number of methoxy groups -OCH3 is 1. The Morgan fingerprint density at radius 1 is 0.806 bits per heavy atom. The lowest BCUT2D eigenvalue weighted by Gasteiger charge is -2.19. The Hall–Kier alpha value is -4.64. The minimum atomic E-state index is -0.425. The third kappa shape index (κ3) is 4.77. The van der Waals surface area contributed by atoms with Gasteiger partial charge in [0.25, 0.3) is 5.91 Å². The number of nitrogens with zero attached hydrogens (tertiary/aromatic N) is 1. The van der Waals surface area contributed by atoms with Gasteiger partial charge in [-0.05, 0) is 41.5 Å². The molecule has 36 heavy (non-hydrogen) atoms. The van der Waals surface area contributed by atoms with Gasteiger partial charge in [-0.1, -0.05) is 78.9 Å². The highest BCUT2D eigenvalue weighted by Gasteiger charge is 2.23. The summed E-state index contributed by atoms with van der Waals surface area (Å²) in [5.41, 5.74) is 5.02. The Balaban J connectivity index is 1.66. The lowest BCUT2D eigenvalue weighted by Crippen LogP contribution is -2.29. The van der Waals surface area contributed by atoms with Crippen molar-refractivity contribution in [1.29, 1.82) is 0 Å². The van der Waals surface area contributed by atoms with Crippen molar-refractivity contribution in [2.24, 2.45) is 0 Å². The molecule has 0 fully saturated rings. The summed E-state index contributed by atoms with van der Waals surface area (Å²) in [5.74, 6) is -0.569. The van der Waals surface area contributed by atoms with Crippen LogP contribution in [0.5, 0.6) is 0 Å². The van der Waals surface area contributed by atoms with Crippen molar-refractivity contribution in [3.63, 3.8) is 0 Å². The molecule has 0 radical (unpaired) electrons. The summed E-state index contributed by atoms with van der Waals surface area (Å²) < 4.78 is 7.14. The Labute approximate surface area is 210 Å². The smallest absolute Gasteiger partial charge is 0.337 e. The first-order valence-electron chi connectivity index (χ1n) is 11.8. The van der Waals surface area contributed by atoms with Crippen LogP contribution in [-0.4, -0.2) is 23.6 Å². The topological polar surface area (TPSA) is 60.3 Å². The maximum absolute atomic E-state index is 13.3. The molecule has 178 valence electrons. The number of esters is 1. The summed E-state index contributed by atoms with van der Waals surface area (Å²) in [6.45, 7) is 0.656. The van der Waals surface area contributed by atoms with Gasteiger partial charge in [0.15, 0.2) is 0 Å². The number of ether oxygens (including phenoxy) is 1. The second-order valence-electron chi connectivity index (χ2n) is 8.60. The molecule has 1 heterocycles. The highest BCUT2D eigenvalue weighted by molar-refractivity contribution is 5.98. The number of fused-ring (bicyclic) bond motifs is 1. The third-order valence-corrected chi connectivity index (χ3v) is 6.28. The maximum atomic E-state index is 13.3. The molecular formula is C31H26N2O3. The number of rotatable bonds is 7. The van der Waals surface area contributed by atoms with Gasteiger partial charge in [-0.25, -0.2) is 4.79 Å². The maximum Gasteiger partial charge on any atom is 0.337 e. The number of benzene rings is 4. The SMILES string of the molecule is COC(=O)c1ccc2c(c1)c([C@H](NC(=O)c1ccccc1)c1ccccc1)cn2Cc1ccccc1. The molecule has 1 amide bonds. The molecule has 0 aliphatic carbocycles. The van der Waals surface area contributed by atoms with E-state index in [1.165, 1.54) is 7.11 Å². The lowest BCUT2D eigenvalue weighted by molar-refractivity contribution is 0.0600. The first kappa shape index (κ1) is 23.1. The average molecular weight is 475 g/mol. The van der Waals surface area contributed by atoms with Crippen LogP contribution in [0.2, 0.25) is 0 Å². The number of amides is 1. The molecule has 0 spiro atoms. The summed E-state index contributed by atoms with van der Waals surface area (Å²) in [7, 11) is 1.38. The molecule has 0 aliphatic rings. The molecule has 0 saturated heterocycles. The first-order chi connectivity index (χ1) is 17.6. The van der Waals surface area contributed by atoms with Gasteiger partial charge in [-0.2, -0.15) is 0 Å². The second-order valence-corrected chi connectivity index (χ2v) is 8.60. The van der Waals surface area contributed by atoms with Crippen LogP contribution in [0, 0.1) is 0 Å². The van der Waals surface area contributed by atoms with Crippen LogP contribution in [0.15, 0.2) is 115 Å². The predicted octanol–water partition coefficient (Wildman–Crippen LogP) is 6.00. The molecular weight excluding hydrogens is 448 g/mol. The van der Waals surface area contributed by atoms with Gasteiger partial charge < -0.3 is 14.6 Å². The van der Waals surface area contributed by atoms with Gasteiger partial charge in [0.2, 0.25) is 0 Å². The van der Waals surface area contributed by atoms with Crippen molar-refractivity contribution < 1.29 is 14.3 Å². The Kier molecular flexibility index (Phi) is 6.63. The Morgan fingerprint density at radius 3 is 2.11 bits per heavy atom. The van der Waals surface area contributed by atoms with Crippen LogP contribution < -0.4 is 5.32 Å². The minimum absolute atomic E-state index is 0.169. The molecule has 5 rings (SSSR count). The summed E-state index contributed by atoms with van der Waals surface area (Å²) >= 11 is 0. The fourth-order valence-corrected chi connectivity index (χ4v) is 4.50. The third-order valence-electron chi connectivity index (χ3n) is 6.28. The number of hydrogen-bond acceptors (Lipinski definition) is 3. The first-order valence-corrected chi connectivity index (χ1v) is 11.8. The molecule has 0 aliphatic heterocycles. The number of carbonyl (C=O) groups excluding carboxylic acids is 2. The van der Waals surface area contributed by atoms with Gasteiger partial charge >= 0.3 is 5.97 Å². The van der Waals surface area contributed by atoms with Crippen LogP contribution in [0.3, 0.4) is 0 Å². The van der Waals surface area contributed by atoms with Gasteiger partial charge in [0.1, 0.15) is 0 Å². The number of nitrogens with one attached hydrogen (secondary N) is 1. The van der Waals surface area contributed by atoms with E-state index in [4.69, 9.17) is 4.74 Å². The molecule has 0 saturated carbocycles. The van der Waals surface area contributed by atoms with E-state index in [2.05, 4.69) is 28.2 Å². The average Bonchev–Trinajstić information content (AvgIpc) is 3.29. The molecule has 5 nitrogen and oxygen atoms in total. The van der Waals surface area contributed by atoms with Gasteiger partial charge in [0, 0.05) is 34.8 Å². The van der Waals surface area contributed by atoms with Gasteiger partial charge in [0.05, 0.1) is 18.7 Å². The highest BCUT2D eigenvalue weighted by Crippen LogP contribution is 2.32. The molecule has 1 aromatic heterocycles. The van der Waals surface area contributed by atoms with Gasteiger partial charge in [-0.15, -0.1) is 0 Å². The zero-order valence-electron chi connectivity index (χ0n) is 19.9. The largest absolute Gasteiger partial charge is 0.465 e. The Bertz CT molecular complexity index is 1490. The molecule has 5 aromatic rings. The fraction of sp³-hybridized carbons (Fsp3) is 0.0968. The minimum Gasteiger partial charge on any atom is -0.465 e. The second kappa shape index (κ2) is 10.3. The van der Waals surface area contributed by atoms with E-state index in [-0.39, 0.29) is 5.91 Å². The van der Waals surface area contributed by atoms with Crippen LogP contribution in [0.25, 0.3) is 10.9 Å². The predicted molar refractivity (Wildman–Crippen MR) is 141 cm³/mol. The van der Waals surface area contributed by atoms with E-state index in [9.17, 15) is 9.59 Å². The van der Waals surface area contributed by atoms with Crippen LogP contribution in [-0.2, 0) is 11.3 Å². The van der Waals surface area contributed by atoms with E-state index in [1.807, 2.05) is 78.9 Å². The van der Waals surface area contributed by atoms with E-state index in [0.717, 1.165) is 27.6 Å². The molecule has 0 bridgehead atoms. The van der Waals surface area contributed by atoms with Gasteiger partial charge in [-0.3, -0.25) is 4.79 Å². The van der Waals surface area contributed by atoms with Crippen molar-refractivity contribution >= 4 is 22.8 Å². The molecule has 5 heteroatoms. The van der Waals surface area contributed by atoms with Crippen LogP contribution in [0.4, 0.5) is 0 Å². The molecule has 1 atom stereocenters. The summed E-state index contributed by atoms with van der Waals surface area (Å²) in [5, 5.41) is 4.11. The molecule has 4 aromatic carbocycles. The monoisotopic (exact) mass is 474 g/mol. The molecule has 0 unspecified atom stereocenters.